The number of amides is 2. The maximum atomic E-state index is 14.2. The third-order valence-electron chi connectivity index (χ3n) is 7.42. The highest BCUT2D eigenvalue weighted by Gasteiger charge is 2.45. The Labute approximate surface area is 201 Å². The summed E-state index contributed by atoms with van der Waals surface area (Å²) in [5.41, 5.74) is 1.35. The zero-order valence-electron chi connectivity index (χ0n) is 20.3. The molecule has 6 nitrogen and oxygen atoms in total. The number of hydrogen-bond acceptors (Lipinski definition) is 4. The molecule has 2 fully saturated rings. The topological polar surface area (TPSA) is 53.1 Å². The van der Waals surface area contributed by atoms with Crippen molar-refractivity contribution < 1.29 is 18.7 Å². The first-order valence-electron chi connectivity index (χ1n) is 12.0. The van der Waals surface area contributed by atoms with Crippen molar-refractivity contribution in [1.82, 2.24) is 14.7 Å². The lowest BCUT2D eigenvalue weighted by Crippen LogP contribution is -2.57. The minimum atomic E-state index is -0.534. The predicted molar refractivity (Wildman–Crippen MR) is 129 cm³/mol. The number of benzene rings is 2. The smallest absolute Gasteiger partial charge is 0.229 e. The van der Waals surface area contributed by atoms with Crippen molar-refractivity contribution in [3.63, 3.8) is 0 Å². The zero-order valence-corrected chi connectivity index (χ0v) is 20.3. The molecule has 0 aliphatic carbocycles. The summed E-state index contributed by atoms with van der Waals surface area (Å²) in [6.45, 7) is 4.68. The normalized spacial score (nSPS) is 20.8. The molecule has 4 rings (SSSR count). The van der Waals surface area contributed by atoms with E-state index in [2.05, 4.69) is 11.9 Å². The van der Waals surface area contributed by atoms with Gasteiger partial charge in [-0.15, -0.1) is 0 Å². The van der Waals surface area contributed by atoms with Crippen molar-refractivity contribution in [3.8, 4) is 5.75 Å². The highest BCUT2D eigenvalue weighted by atomic mass is 19.1. The molecule has 0 spiro atoms. The van der Waals surface area contributed by atoms with E-state index in [4.69, 9.17) is 4.74 Å². The molecule has 0 bridgehead atoms. The van der Waals surface area contributed by atoms with Gasteiger partial charge in [0.1, 0.15) is 11.6 Å². The molecular formula is C27H34FN3O3. The van der Waals surface area contributed by atoms with E-state index in [1.54, 1.807) is 26.2 Å². The van der Waals surface area contributed by atoms with Crippen LogP contribution in [0.15, 0.2) is 48.5 Å². The van der Waals surface area contributed by atoms with Gasteiger partial charge in [-0.1, -0.05) is 30.3 Å². The van der Waals surface area contributed by atoms with Gasteiger partial charge < -0.3 is 19.4 Å². The van der Waals surface area contributed by atoms with E-state index in [-0.39, 0.29) is 23.7 Å². The van der Waals surface area contributed by atoms with Crippen molar-refractivity contribution >= 4 is 11.8 Å². The molecule has 2 aromatic rings. The maximum absolute atomic E-state index is 14.2. The van der Waals surface area contributed by atoms with Crippen LogP contribution in [-0.4, -0.2) is 73.4 Å². The molecule has 182 valence electrons. The van der Waals surface area contributed by atoms with Crippen LogP contribution in [0.2, 0.25) is 0 Å². The van der Waals surface area contributed by atoms with Crippen LogP contribution >= 0.6 is 0 Å². The number of methoxy groups -OCH3 is 1. The average Bonchev–Trinajstić information content (AvgIpc) is 2.86. The number of carbonyl (C=O) groups excluding carboxylic acids is 2. The van der Waals surface area contributed by atoms with E-state index in [1.807, 2.05) is 34.1 Å². The summed E-state index contributed by atoms with van der Waals surface area (Å²) in [6, 6.07) is 13.9. The van der Waals surface area contributed by atoms with Crippen LogP contribution in [0.5, 0.6) is 5.75 Å². The molecule has 0 aromatic heterocycles. The molecule has 2 aliphatic heterocycles. The lowest BCUT2D eigenvalue weighted by molar-refractivity contribution is -0.151. The number of ether oxygens (including phenoxy) is 1. The SMILES string of the molecule is COc1ccccc1[C@@H]1CN(C(=O)C2(Cc3ccc(F)cc3)CCN(C)CC2)CCN1C(C)=O. The largest absolute Gasteiger partial charge is 0.496 e. The molecule has 2 aromatic carbocycles. The first kappa shape index (κ1) is 24.2. The molecule has 0 saturated carbocycles. The number of nitrogens with zero attached hydrogens (tertiary/aromatic N) is 3. The van der Waals surface area contributed by atoms with E-state index in [9.17, 15) is 14.0 Å². The van der Waals surface area contributed by atoms with Crippen LogP contribution < -0.4 is 4.74 Å². The molecule has 0 unspecified atom stereocenters. The maximum Gasteiger partial charge on any atom is 0.229 e. The minimum absolute atomic E-state index is 0.0108. The first-order valence-corrected chi connectivity index (χ1v) is 12.0. The summed E-state index contributed by atoms with van der Waals surface area (Å²) in [4.78, 5) is 32.7. The molecule has 34 heavy (non-hydrogen) atoms. The molecule has 0 radical (unpaired) electrons. The van der Waals surface area contributed by atoms with Gasteiger partial charge >= 0.3 is 0 Å². The van der Waals surface area contributed by atoms with Crippen LogP contribution in [0.25, 0.3) is 0 Å². The van der Waals surface area contributed by atoms with Gasteiger partial charge in [0, 0.05) is 32.1 Å². The van der Waals surface area contributed by atoms with Crippen LogP contribution in [0.4, 0.5) is 4.39 Å². The van der Waals surface area contributed by atoms with E-state index in [0.29, 0.717) is 31.8 Å². The van der Waals surface area contributed by atoms with E-state index in [0.717, 1.165) is 37.1 Å². The summed E-state index contributed by atoms with van der Waals surface area (Å²) in [5.74, 6) is 0.567. The number of likely N-dealkylation sites (tertiary alicyclic amines) is 1. The molecule has 2 heterocycles. The van der Waals surface area contributed by atoms with Crippen LogP contribution in [0.3, 0.4) is 0 Å². The Hall–Kier alpha value is -2.93. The summed E-state index contributed by atoms with van der Waals surface area (Å²) >= 11 is 0. The third-order valence-corrected chi connectivity index (χ3v) is 7.42. The van der Waals surface area contributed by atoms with E-state index < -0.39 is 5.41 Å². The highest BCUT2D eigenvalue weighted by Crippen LogP contribution is 2.39. The van der Waals surface area contributed by atoms with Gasteiger partial charge in [0.15, 0.2) is 0 Å². The average molecular weight is 468 g/mol. The second kappa shape index (κ2) is 10.1. The Morgan fingerprint density at radius 1 is 1.03 bits per heavy atom. The molecular weight excluding hydrogens is 433 g/mol. The fourth-order valence-corrected chi connectivity index (χ4v) is 5.39. The van der Waals surface area contributed by atoms with E-state index >= 15 is 0 Å². The lowest BCUT2D eigenvalue weighted by Gasteiger charge is -2.47. The number of carbonyl (C=O) groups is 2. The Balaban J connectivity index is 1.63. The Bertz CT molecular complexity index is 1020. The van der Waals surface area contributed by atoms with Crippen LogP contribution in [0, 0.1) is 11.2 Å². The van der Waals surface area contributed by atoms with Crippen LogP contribution in [-0.2, 0) is 16.0 Å². The van der Waals surface area contributed by atoms with Gasteiger partial charge in [0.05, 0.1) is 18.6 Å². The molecule has 2 aliphatic rings. The summed E-state index contributed by atoms with van der Waals surface area (Å²) in [6.07, 6.45) is 2.10. The van der Waals surface area contributed by atoms with Crippen molar-refractivity contribution in [2.75, 3.05) is 46.9 Å². The Morgan fingerprint density at radius 3 is 2.35 bits per heavy atom. The van der Waals surface area contributed by atoms with Gasteiger partial charge in [-0.05, 0) is 63.2 Å². The van der Waals surface area contributed by atoms with Gasteiger partial charge in [0.25, 0.3) is 0 Å². The second-order valence-corrected chi connectivity index (χ2v) is 9.61. The summed E-state index contributed by atoms with van der Waals surface area (Å²) in [5, 5.41) is 0. The minimum Gasteiger partial charge on any atom is -0.496 e. The number of para-hydroxylation sites is 1. The molecule has 1 atom stereocenters. The van der Waals surface area contributed by atoms with Crippen molar-refractivity contribution in [3.05, 3.63) is 65.5 Å². The number of hydrogen-bond donors (Lipinski definition) is 0. The standard InChI is InChI=1S/C27H34FN3O3/c1-20(32)31-17-16-30(19-24(31)23-6-4-5-7-25(23)34-3)26(33)27(12-14-29(2)15-13-27)18-21-8-10-22(28)11-9-21/h4-11,24H,12-19H2,1-3H3/t24-/m0/s1. The molecule has 2 amide bonds. The monoisotopic (exact) mass is 467 g/mol. The van der Waals surface area contributed by atoms with Crippen molar-refractivity contribution in [2.45, 2.75) is 32.2 Å². The molecule has 7 heteroatoms. The number of rotatable bonds is 5. The Kier molecular flexibility index (Phi) is 7.22. The fourth-order valence-electron chi connectivity index (χ4n) is 5.39. The fraction of sp³-hybridized carbons (Fsp3) is 0.481. The quantitative estimate of drug-likeness (QED) is 0.675. The lowest BCUT2D eigenvalue weighted by atomic mass is 9.72. The molecule has 0 N–H and O–H groups in total. The highest BCUT2D eigenvalue weighted by molar-refractivity contribution is 5.84. The summed E-state index contributed by atoms with van der Waals surface area (Å²) < 4.78 is 19.1. The molecule has 2 saturated heterocycles. The van der Waals surface area contributed by atoms with Gasteiger partial charge in [-0.2, -0.15) is 0 Å². The van der Waals surface area contributed by atoms with Gasteiger partial charge in [0.2, 0.25) is 11.8 Å². The second-order valence-electron chi connectivity index (χ2n) is 9.61. The zero-order chi connectivity index (χ0) is 24.3. The van der Waals surface area contributed by atoms with Crippen molar-refractivity contribution in [2.24, 2.45) is 5.41 Å². The first-order chi connectivity index (χ1) is 16.3. The van der Waals surface area contributed by atoms with Gasteiger partial charge in [-0.25, -0.2) is 4.39 Å². The van der Waals surface area contributed by atoms with Crippen molar-refractivity contribution in [1.29, 1.82) is 0 Å². The van der Waals surface area contributed by atoms with Gasteiger partial charge in [-0.3, -0.25) is 9.59 Å². The number of piperidine rings is 1. The predicted octanol–water partition coefficient (Wildman–Crippen LogP) is 3.52. The Morgan fingerprint density at radius 2 is 1.71 bits per heavy atom. The number of piperazine rings is 1. The van der Waals surface area contributed by atoms with Crippen LogP contribution in [0.1, 0.15) is 36.9 Å². The third kappa shape index (κ3) is 4.94. The van der Waals surface area contributed by atoms with E-state index in [1.165, 1.54) is 12.1 Å². The number of halogens is 1. The summed E-state index contributed by atoms with van der Waals surface area (Å²) in [7, 11) is 3.70.